The number of ether oxygens (including phenoxy) is 4. The third-order valence-electron chi connectivity index (χ3n) is 4.84. The van der Waals surface area contributed by atoms with Crippen molar-refractivity contribution in [3.05, 3.63) is 23.8 Å². The fourth-order valence-corrected chi connectivity index (χ4v) is 3.77. The van der Waals surface area contributed by atoms with E-state index in [1.165, 1.54) is 5.56 Å². The van der Waals surface area contributed by atoms with Gasteiger partial charge in [-0.1, -0.05) is 0 Å². The summed E-state index contributed by atoms with van der Waals surface area (Å²) in [6.45, 7) is 5.41. The number of hydrogen-bond donors (Lipinski definition) is 0. The lowest BCUT2D eigenvalue weighted by Crippen LogP contribution is -2.35. The fourth-order valence-electron chi connectivity index (χ4n) is 3.77. The van der Waals surface area contributed by atoms with E-state index >= 15 is 0 Å². The van der Waals surface area contributed by atoms with Crippen molar-refractivity contribution in [2.24, 2.45) is 11.3 Å². The summed E-state index contributed by atoms with van der Waals surface area (Å²) in [5.41, 5.74) is 1.38. The Morgan fingerprint density at radius 3 is 2.55 bits per heavy atom. The van der Waals surface area contributed by atoms with Gasteiger partial charge < -0.3 is 18.9 Å². The van der Waals surface area contributed by atoms with Crippen molar-refractivity contribution in [3.8, 4) is 11.5 Å². The average molecular weight is 307 g/mol. The second-order valence-electron chi connectivity index (χ2n) is 6.40. The molecule has 0 aliphatic carbocycles. The van der Waals surface area contributed by atoms with Crippen LogP contribution in [0.5, 0.6) is 11.5 Å². The third kappa shape index (κ3) is 2.93. The van der Waals surface area contributed by atoms with Crippen LogP contribution in [0.1, 0.15) is 5.56 Å². The van der Waals surface area contributed by atoms with Crippen LogP contribution in [0.15, 0.2) is 18.2 Å². The van der Waals surface area contributed by atoms with Crippen molar-refractivity contribution in [2.75, 3.05) is 54.2 Å². The molecular weight excluding hydrogens is 282 g/mol. The highest BCUT2D eigenvalue weighted by molar-refractivity contribution is 5.38. The van der Waals surface area contributed by atoms with Crippen LogP contribution in [0, 0.1) is 11.3 Å². The summed E-state index contributed by atoms with van der Waals surface area (Å²) in [4.78, 5) is 2.49. The molecule has 2 saturated heterocycles. The van der Waals surface area contributed by atoms with Crippen LogP contribution in [0.4, 0.5) is 0 Å². The molecule has 3 rings (SSSR count). The SMILES string of the molecule is COC[C@@]12COC[C@@H]1CN(Cc1cc(OC)cc(OC)c1)C2. The number of likely N-dealkylation sites (tertiary alicyclic amines) is 1. The van der Waals surface area contributed by atoms with Gasteiger partial charge in [0, 0.05) is 44.1 Å². The number of benzene rings is 1. The van der Waals surface area contributed by atoms with Gasteiger partial charge in [-0.3, -0.25) is 4.90 Å². The summed E-state index contributed by atoms with van der Waals surface area (Å²) in [5, 5.41) is 0. The van der Waals surface area contributed by atoms with Gasteiger partial charge in [-0.15, -0.1) is 0 Å². The van der Waals surface area contributed by atoms with Gasteiger partial charge >= 0.3 is 0 Å². The van der Waals surface area contributed by atoms with E-state index in [0.717, 1.165) is 51.0 Å². The average Bonchev–Trinajstić information content (AvgIpc) is 3.03. The van der Waals surface area contributed by atoms with Crippen LogP contribution in [-0.2, 0) is 16.0 Å². The van der Waals surface area contributed by atoms with Gasteiger partial charge in [0.1, 0.15) is 11.5 Å². The lowest BCUT2D eigenvalue weighted by atomic mass is 9.82. The smallest absolute Gasteiger partial charge is 0.122 e. The zero-order valence-electron chi connectivity index (χ0n) is 13.6. The van der Waals surface area contributed by atoms with E-state index < -0.39 is 0 Å². The summed E-state index contributed by atoms with van der Waals surface area (Å²) in [6.07, 6.45) is 0. The van der Waals surface area contributed by atoms with Gasteiger partial charge in [-0.2, -0.15) is 0 Å². The maximum absolute atomic E-state index is 5.69. The number of rotatable bonds is 6. The van der Waals surface area contributed by atoms with Crippen LogP contribution in [0.3, 0.4) is 0 Å². The van der Waals surface area contributed by atoms with E-state index in [1.54, 1.807) is 21.3 Å². The highest BCUT2D eigenvalue weighted by atomic mass is 16.5. The first-order chi connectivity index (χ1) is 10.7. The van der Waals surface area contributed by atoms with Crippen molar-refractivity contribution in [2.45, 2.75) is 6.54 Å². The molecule has 0 aromatic heterocycles. The Bertz CT molecular complexity index is 499. The second kappa shape index (κ2) is 6.44. The number of methoxy groups -OCH3 is 3. The van der Waals surface area contributed by atoms with Crippen LogP contribution in [0.25, 0.3) is 0 Å². The molecule has 0 unspecified atom stereocenters. The molecule has 0 saturated carbocycles. The molecule has 0 bridgehead atoms. The maximum Gasteiger partial charge on any atom is 0.122 e. The minimum Gasteiger partial charge on any atom is -0.497 e. The Kier molecular flexibility index (Phi) is 4.57. The molecular formula is C17H25NO4. The molecule has 0 N–H and O–H groups in total. The lowest BCUT2D eigenvalue weighted by Gasteiger charge is -2.26. The Balaban J connectivity index is 1.72. The van der Waals surface area contributed by atoms with Crippen molar-refractivity contribution in [3.63, 3.8) is 0 Å². The largest absolute Gasteiger partial charge is 0.497 e. The molecule has 0 spiro atoms. The molecule has 5 heteroatoms. The number of nitrogens with zero attached hydrogens (tertiary/aromatic N) is 1. The third-order valence-corrected chi connectivity index (χ3v) is 4.84. The van der Waals surface area contributed by atoms with Gasteiger partial charge in [0.2, 0.25) is 0 Å². The monoisotopic (exact) mass is 307 g/mol. The predicted molar refractivity (Wildman–Crippen MR) is 83.4 cm³/mol. The maximum atomic E-state index is 5.69. The molecule has 5 nitrogen and oxygen atoms in total. The zero-order chi connectivity index (χ0) is 15.6. The molecule has 2 heterocycles. The second-order valence-corrected chi connectivity index (χ2v) is 6.40. The summed E-state index contributed by atoms with van der Waals surface area (Å²) in [6, 6.07) is 6.06. The van der Waals surface area contributed by atoms with Crippen molar-refractivity contribution in [1.82, 2.24) is 4.90 Å². The van der Waals surface area contributed by atoms with Gasteiger partial charge in [0.25, 0.3) is 0 Å². The van der Waals surface area contributed by atoms with Crippen molar-refractivity contribution in [1.29, 1.82) is 0 Å². The predicted octanol–water partition coefficient (Wildman–Crippen LogP) is 1.80. The van der Waals surface area contributed by atoms with E-state index in [1.807, 2.05) is 6.07 Å². The first kappa shape index (κ1) is 15.6. The van der Waals surface area contributed by atoms with E-state index in [2.05, 4.69) is 17.0 Å². The molecule has 22 heavy (non-hydrogen) atoms. The number of hydrogen-bond acceptors (Lipinski definition) is 5. The molecule has 0 amide bonds. The van der Waals surface area contributed by atoms with Crippen LogP contribution >= 0.6 is 0 Å². The quantitative estimate of drug-likeness (QED) is 0.801. The van der Waals surface area contributed by atoms with E-state index in [4.69, 9.17) is 18.9 Å². The highest BCUT2D eigenvalue weighted by Crippen LogP contribution is 2.42. The fraction of sp³-hybridized carbons (Fsp3) is 0.647. The summed E-state index contributed by atoms with van der Waals surface area (Å²) in [7, 11) is 5.15. The van der Waals surface area contributed by atoms with Gasteiger partial charge in [-0.05, 0) is 17.7 Å². The molecule has 2 aliphatic heterocycles. The van der Waals surface area contributed by atoms with Crippen LogP contribution in [-0.4, -0.2) is 59.1 Å². The molecule has 1 aromatic rings. The Morgan fingerprint density at radius 1 is 1.18 bits per heavy atom. The standard InChI is InChI=1S/C17H25NO4/c1-19-11-17-10-18(8-14(17)9-22-12-17)7-13-4-15(20-2)6-16(5-13)21-3/h4-6,14H,7-12H2,1-3H3/t14-,17-/m0/s1. The normalized spacial score (nSPS) is 27.9. The highest BCUT2D eigenvalue weighted by Gasteiger charge is 2.50. The molecule has 0 radical (unpaired) electrons. The van der Waals surface area contributed by atoms with Crippen molar-refractivity contribution >= 4 is 0 Å². The molecule has 122 valence electrons. The van der Waals surface area contributed by atoms with Gasteiger partial charge in [0.05, 0.1) is 34.0 Å². The van der Waals surface area contributed by atoms with Gasteiger partial charge in [0.15, 0.2) is 0 Å². The van der Waals surface area contributed by atoms with Gasteiger partial charge in [-0.25, -0.2) is 0 Å². The summed E-state index contributed by atoms with van der Waals surface area (Å²) in [5.74, 6) is 2.24. The minimum atomic E-state index is 0.164. The van der Waals surface area contributed by atoms with E-state index in [-0.39, 0.29) is 5.41 Å². The van der Waals surface area contributed by atoms with Crippen molar-refractivity contribution < 1.29 is 18.9 Å². The lowest BCUT2D eigenvalue weighted by molar-refractivity contribution is 0.0533. The topological polar surface area (TPSA) is 40.2 Å². The molecule has 2 fully saturated rings. The zero-order valence-corrected chi connectivity index (χ0v) is 13.6. The Labute approximate surface area is 132 Å². The van der Waals surface area contributed by atoms with Crippen LogP contribution < -0.4 is 9.47 Å². The first-order valence-electron chi connectivity index (χ1n) is 7.70. The molecule has 2 atom stereocenters. The first-order valence-corrected chi connectivity index (χ1v) is 7.70. The molecule has 1 aromatic carbocycles. The minimum absolute atomic E-state index is 0.164. The summed E-state index contributed by atoms with van der Waals surface area (Å²) >= 11 is 0. The number of fused-ring (bicyclic) bond motifs is 1. The Morgan fingerprint density at radius 2 is 1.91 bits per heavy atom. The van der Waals surface area contributed by atoms with Crippen LogP contribution in [0.2, 0.25) is 0 Å². The van der Waals surface area contributed by atoms with E-state index in [9.17, 15) is 0 Å². The molecule has 2 aliphatic rings. The Hall–Kier alpha value is -1.30. The summed E-state index contributed by atoms with van der Waals surface area (Å²) < 4.78 is 21.9. The van der Waals surface area contributed by atoms with E-state index in [0.29, 0.717) is 5.92 Å².